The molecule has 0 bridgehead atoms. The third-order valence-electron chi connectivity index (χ3n) is 4.98. The molecule has 2 N–H and O–H groups in total. The summed E-state index contributed by atoms with van der Waals surface area (Å²) >= 11 is 5.32. The van der Waals surface area contributed by atoms with Crippen molar-refractivity contribution in [3.63, 3.8) is 0 Å². The van der Waals surface area contributed by atoms with Crippen molar-refractivity contribution in [3.8, 4) is 0 Å². The lowest BCUT2D eigenvalue weighted by atomic mass is 10.0. The Labute approximate surface area is 197 Å². The first-order valence-corrected chi connectivity index (χ1v) is 10.8. The quantitative estimate of drug-likeness (QED) is 0.299. The molecule has 0 aliphatic carbocycles. The van der Waals surface area contributed by atoms with Gasteiger partial charge in [0, 0.05) is 16.6 Å². The van der Waals surface area contributed by atoms with Crippen LogP contribution in [0.4, 0.5) is 5.69 Å². The minimum absolute atomic E-state index is 0.0856. The number of amides is 1. The fourth-order valence-electron chi connectivity index (χ4n) is 3.34. The van der Waals surface area contributed by atoms with Gasteiger partial charge < -0.3 is 5.32 Å². The lowest BCUT2D eigenvalue weighted by Crippen LogP contribution is -2.34. The Kier molecular flexibility index (Phi) is 6.66. The van der Waals surface area contributed by atoms with Crippen molar-refractivity contribution < 1.29 is 9.59 Å². The van der Waals surface area contributed by atoms with E-state index in [1.54, 1.807) is 24.3 Å². The number of aromatic nitrogens is 1. The highest BCUT2D eigenvalue weighted by Gasteiger charge is 2.15. The van der Waals surface area contributed by atoms with Crippen molar-refractivity contribution >= 4 is 57.8 Å². The van der Waals surface area contributed by atoms with E-state index < -0.39 is 0 Å². The standard InChI is InChI=1S/C27H21N3O2S/c1-18(31)20-13-15-25-23(16-20)24(17-22(28-25)14-12-19-8-4-2-5-9-19)26(32)30-27(33)29-21-10-6-3-7-11-21/h2-17H,1H3,(H2,29,30,32,33)/b14-12+. The smallest absolute Gasteiger partial charge is 0.258 e. The van der Waals surface area contributed by atoms with E-state index >= 15 is 0 Å². The maximum atomic E-state index is 13.2. The molecule has 1 amide bonds. The summed E-state index contributed by atoms with van der Waals surface area (Å²) in [5.74, 6) is -0.469. The van der Waals surface area contributed by atoms with Crippen LogP contribution < -0.4 is 10.6 Å². The van der Waals surface area contributed by atoms with E-state index in [-0.39, 0.29) is 16.8 Å². The van der Waals surface area contributed by atoms with Gasteiger partial charge in [0.1, 0.15) is 0 Å². The molecular formula is C27H21N3O2S. The Morgan fingerprint density at radius 3 is 2.27 bits per heavy atom. The summed E-state index contributed by atoms with van der Waals surface area (Å²) in [6, 6.07) is 26.0. The van der Waals surface area contributed by atoms with E-state index in [9.17, 15) is 9.59 Å². The van der Waals surface area contributed by atoms with Crippen LogP contribution in [0.3, 0.4) is 0 Å². The number of ketones is 1. The van der Waals surface area contributed by atoms with Crippen molar-refractivity contribution in [2.24, 2.45) is 0 Å². The zero-order valence-electron chi connectivity index (χ0n) is 17.9. The van der Waals surface area contributed by atoms with Crippen LogP contribution in [0.2, 0.25) is 0 Å². The van der Waals surface area contributed by atoms with Crippen LogP contribution in [-0.4, -0.2) is 21.8 Å². The van der Waals surface area contributed by atoms with E-state index in [0.717, 1.165) is 11.3 Å². The number of fused-ring (bicyclic) bond motifs is 1. The highest BCUT2D eigenvalue weighted by molar-refractivity contribution is 7.80. The summed E-state index contributed by atoms with van der Waals surface area (Å²) in [4.78, 5) is 29.8. The first-order chi connectivity index (χ1) is 16.0. The first-order valence-electron chi connectivity index (χ1n) is 10.4. The number of hydrogen-bond donors (Lipinski definition) is 2. The number of para-hydroxylation sites is 1. The van der Waals surface area contributed by atoms with E-state index in [1.165, 1.54) is 6.92 Å². The number of carbonyl (C=O) groups excluding carboxylic acids is 2. The van der Waals surface area contributed by atoms with Crippen LogP contribution in [0.15, 0.2) is 84.9 Å². The molecular weight excluding hydrogens is 430 g/mol. The number of thiocarbonyl (C=S) groups is 1. The maximum Gasteiger partial charge on any atom is 0.258 e. The Morgan fingerprint density at radius 1 is 0.879 bits per heavy atom. The van der Waals surface area contributed by atoms with Crippen LogP contribution in [-0.2, 0) is 0 Å². The summed E-state index contributed by atoms with van der Waals surface area (Å²) in [5, 5.41) is 6.49. The Bertz CT molecular complexity index is 1370. The minimum atomic E-state index is -0.383. The van der Waals surface area contributed by atoms with Gasteiger partial charge in [-0.1, -0.05) is 54.6 Å². The van der Waals surface area contributed by atoms with Crippen molar-refractivity contribution in [2.45, 2.75) is 6.92 Å². The van der Waals surface area contributed by atoms with Crippen LogP contribution in [0.25, 0.3) is 23.1 Å². The highest BCUT2D eigenvalue weighted by atomic mass is 32.1. The van der Waals surface area contributed by atoms with Gasteiger partial charge >= 0.3 is 0 Å². The predicted octanol–water partition coefficient (Wildman–Crippen LogP) is 5.73. The lowest BCUT2D eigenvalue weighted by Gasteiger charge is -2.12. The average molecular weight is 452 g/mol. The van der Waals surface area contributed by atoms with Gasteiger partial charge in [-0.2, -0.15) is 0 Å². The third-order valence-corrected chi connectivity index (χ3v) is 5.19. The van der Waals surface area contributed by atoms with E-state index in [2.05, 4.69) is 15.6 Å². The topological polar surface area (TPSA) is 71.1 Å². The Hall–Kier alpha value is -4.16. The van der Waals surface area contributed by atoms with Gasteiger partial charge in [-0.15, -0.1) is 0 Å². The molecule has 0 saturated carbocycles. The van der Waals surface area contributed by atoms with Crippen molar-refractivity contribution in [2.75, 3.05) is 5.32 Å². The van der Waals surface area contributed by atoms with E-state index in [4.69, 9.17) is 12.2 Å². The second kappa shape index (κ2) is 9.97. The molecule has 0 atom stereocenters. The largest absolute Gasteiger partial charge is 0.332 e. The van der Waals surface area contributed by atoms with Crippen molar-refractivity contribution in [3.05, 3.63) is 107 Å². The molecule has 0 fully saturated rings. The Balaban J connectivity index is 1.69. The summed E-state index contributed by atoms with van der Waals surface area (Å²) < 4.78 is 0. The first kappa shape index (κ1) is 22.0. The molecule has 162 valence electrons. The summed E-state index contributed by atoms with van der Waals surface area (Å²) in [6.07, 6.45) is 3.78. The fraction of sp³-hybridized carbons (Fsp3) is 0.0370. The zero-order valence-corrected chi connectivity index (χ0v) is 18.7. The molecule has 0 aliphatic heterocycles. The van der Waals surface area contributed by atoms with E-state index in [1.807, 2.05) is 72.8 Å². The molecule has 0 saturated heterocycles. The molecule has 4 rings (SSSR count). The summed E-state index contributed by atoms with van der Waals surface area (Å²) in [6.45, 7) is 1.49. The maximum absolute atomic E-state index is 13.2. The molecule has 3 aromatic carbocycles. The predicted molar refractivity (Wildman–Crippen MR) is 137 cm³/mol. The molecule has 33 heavy (non-hydrogen) atoms. The van der Waals surface area contributed by atoms with Crippen LogP contribution in [0, 0.1) is 0 Å². The molecule has 6 heteroatoms. The van der Waals surface area contributed by atoms with Crippen molar-refractivity contribution in [1.29, 1.82) is 0 Å². The Morgan fingerprint density at radius 2 is 1.58 bits per heavy atom. The van der Waals surface area contributed by atoms with Crippen LogP contribution in [0.1, 0.15) is 38.9 Å². The number of pyridine rings is 1. The number of Topliss-reactive ketones (excluding diaryl/α,β-unsaturated/α-hetero) is 1. The molecule has 0 spiro atoms. The lowest BCUT2D eigenvalue weighted by molar-refractivity contribution is 0.0976. The molecule has 4 aromatic rings. The number of carbonyl (C=O) groups is 2. The van der Waals surface area contributed by atoms with Gasteiger partial charge in [0.05, 0.1) is 16.8 Å². The normalized spacial score (nSPS) is 10.8. The number of anilines is 1. The number of nitrogens with one attached hydrogen (secondary N) is 2. The number of benzene rings is 3. The molecule has 0 radical (unpaired) electrons. The van der Waals surface area contributed by atoms with Gasteiger partial charge in [0.15, 0.2) is 10.9 Å². The highest BCUT2D eigenvalue weighted by Crippen LogP contribution is 2.22. The van der Waals surface area contributed by atoms with Gasteiger partial charge in [-0.05, 0) is 67.2 Å². The van der Waals surface area contributed by atoms with Gasteiger partial charge in [0.2, 0.25) is 0 Å². The molecule has 1 aromatic heterocycles. The van der Waals surface area contributed by atoms with Crippen LogP contribution >= 0.6 is 12.2 Å². The SMILES string of the molecule is CC(=O)c1ccc2nc(/C=C/c3ccccc3)cc(C(=O)NC(=S)Nc3ccccc3)c2c1. The average Bonchev–Trinajstić information content (AvgIpc) is 2.83. The number of hydrogen-bond acceptors (Lipinski definition) is 4. The van der Waals surface area contributed by atoms with E-state index in [0.29, 0.717) is 27.7 Å². The molecule has 0 aliphatic rings. The third kappa shape index (κ3) is 5.56. The fourth-order valence-corrected chi connectivity index (χ4v) is 3.55. The second-order valence-corrected chi connectivity index (χ2v) is 7.81. The monoisotopic (exact) mass is 451 g/mol. The number of nitrogens with zero attached hydrogens (tertiary/aromatic N) is 1. The minimum Gasteiger partial charge on any atom is -0.332 e. The van der Waals surface area contributed by atoms with Gasteiger partial charge in [-0.25, -0.2) is 4.98 Å². The second-order valence-electron chi connectivity index (χ2n) is 7.40. The summed E-state index contributed by atoms with van der Waals surface area (Å²) in [5.41, 5.74) is 3.92. The van der Waals surface area contributed by atoms with Crippen molar-refractivity contribution in [1.82, 2.24) is 10.3 Å². The number of rotatable bonds is 5. The molecule has 5 nitrogen and oxygen atoms in total. The van der Waals surface area contributed by atoms with Gasteiger partial charge in [0.25, 0.3) is 5.91 Å². The molecule has 1 heterocycles. The zero-order chi connectivity index (χ0) is 23.2. The molecule has 0 unspecified atom stereocenters. The van der Waals surface area contributed by atoms with Gasteiger partial charge in [-0.3, -0.25) is 14.9 Å². The summed E-state index contributed by atoms with van der Waals surface area (Å²) in [7, 11) is 0. The van der Waals surface area contributed by atoms with Crippen LogP contribution in [0.5, 0.6) is 0 Å².